The molecule has 1 aromatic heterocycles. The van der Waals surface area contributed by atoms with E-state index in [1.807, 2.05) is 12.1 Å². The van der Waals surface area contributed by atoms with Gasteiger partial charge >= 0.3 is 0 Å². The molecule has 1 N–H and O–H groups in total. The Morgan fingerprint density at radius 3 is 2.52 bits per heavy atom. The lowest BCUT2D eigenvalue weighted by atomic mass is 10.0. The third kappa shape index (κ3) is 6.63. The Kier molecular flexibility index (Phi) is 9.10. The van der Waals surface area contributed by atoms with Crippen LogP contribution in [0.15, 0.2) is 54.7 Å². The molecule has 0 saturated carbocycles. The van der Waals surface area contributed by atoms with Gasteiger partial charge in [-0.15, -0.1) is 0 Å². The smallest absolute Gasteiger partial charge is 0.245 e. The summed E-state index contributed by atoms with van der Waals surface area (Å²) in [5.41, 5.74) is 2.95. The summed E-state index contributed by atoms with van der Waals surface area (Å²) in [5, 5.41) is 13.3. The Bertz CT molecular complexity index is 1690. The van der Waals surface area contributed by atoms with Crippen molar-refractivity contribution in [1.29, 1.82) is 5.26 Å². The maximum Gasteiger partial charge on any atom is 0.245 e. The fourth-order valence-electron chi connectivity index (χ4n) is 6.79. The summed E-state index contributed by atoms with van der Waals surface area (Å²) < 4.78 is 26.6. The number of nitrogens with one attached hydrogen (secondary N) is 1. The Balaban J connectivity index is 0.956. The SMILES string of the molecule is CN1C(=O)CC[C@H]1C(=O)N1CC[C@H](Oc2ccc(-c3nccc(Nc4ccc(N5CCN(C6COC6)CC5)cc4)n3)cc2C#N)[C@H](F)C1. The third-order valence-corrected chi connectivity index (χ3v) is 9.82. The Morgan fingerprint density at radius 1 is 1.06 bits per heavy atom. The van der Waals surface area contributed by atoms with E-state index >= 15 is 4.39 Å². The van der Waals surface area contributed by atoms with Crippen molar-refractivity contribution in [3.05, 3.63) is 60.3 Å². The Morgan fingerprint density at radius 2 is 1.85 bits per heavy atom. The Hall–Kier alpha value is -4.80. The van der Waals surface area contributed by atoms with Crippen LogP contribution in [-0.4, -0.2) is 120 Å². The first-order valence-electron chi connectivity index (χ1n) is 16.5. The maximum atomic E-state index is 15.3. The molecule has 0 aliphatic carbocycles. The molecular formula is C35H39FN8O4. The molecule has 2 amide bonds. The van der Waals surface area contributed by atoms with Gasteiger partial charge in [0.05, 0.1) is 31.4 Å². The number of nitriles is 1. The number of ether oxygens (including phenoxy) is 2. The van der Waals surface area contributed by atoms with Gasteiger partial charge in [-0.1, -0.05) is 0 Å². The molecule has 3 aromatic rings. The highest BCUT2D eigenvalue weighted by Crippen LogP contribution is 2.30. The highest BCUT2D eigenvalue weighted by molar-refractivity contribution is 5.90. The summed E-state index contributed by atoms with van der Waals surface area (Å²) in [6.45, 7) is 5.95. The number of alkyl halides is 1. The number of hydrogen-bond donors (Lipinski definition) is 1. The standard InChI is InChI=1S/C35H39FN8O4/c1-41-29(7-9-33(41)45)35(46)44-13-11-31(28(36)20-44)48-30-8-2-23(18-24(30)19-37)34-38-12-10-32(40-34)39-25-3-5-26(6-4-25)42-14-16-43(17-15-42)27-21-47-22-27/h2-6,8,10,12,18,27-29,31H,7,9,11,13-17,20-22H2,1H3,(H,38,39,40)/t28-,29+,31+/m1/s1. The lowest BCUT2D eigenvalue weighted by Gasteiger charge is -2.43. The van der Waals surface area contributed by atoms with E-state index in [-0.39, 0.29) is 36.1 Å². The number of carbonyl (C=O) groups is 2. The minimum absolute atomic E-state index is 0.0743. The van der Waals surface area contributed by atoms with Gasteiger partial charge in [-0.05, 0) is 55.0 Å². The van der Waals surface area contributed by atoms with Crippen molar-refractivity contribution in [3.63, 3.8) is 0 Å². The zero-order valence-electron chi connectivity index (χ0n) is 26.9. The lowest BCUT2D eigenvalue weighted by Crippen LogP contribution is -2.56. The van der Waals surface area contributed by atoms with Crippen LogP contribution in [0.25, 0.3) is 11.4 Å². The molecule has 3 atom stereocenters. The number of halogens is 1. The second kappa shape index (κ2) is 13.7. The molecule has 5 heterocycles. The molecule has 12 nitrogen and oxygen atoms in total. The van der Waals surface area contributed by atoms with Crippen LogP contribution in [0.1, 0.15) is 24.8 Å². The van der Waals surface area contributed by atoms with Gasteiger partial charge in [0.1, 0.15) is 29.8 Å². The quantitative estimate of drug-likeness (QED) is 0.387. The Labute approximate surface area is 279 Å². The summed E-state index contributed by atoms with van der Waals surface area (Å²) >= 11 is 0. The van der Waals surface area contributed by atoms with Crippen molar-refractivity contribution in [2.45, 2.75) is 43.6 Å². The number of likely N-dealkylation sites (tertiary alicyclic amines) is 2. The molecule has 48 heavy (non-hydrogen) atoms. The van der Waals surface area contributed by atoms with Gasteiger partial charge in [-0.25, -0.2) is 14.4 Å². The van der Waals surface area contributed by atoms with E-state index in [2.05, 4.69) is 43.3 Å². The van der Waals surface area contributed by atoms with Gasteiger partial charge < -0.3 is 29.5 Å². The average Bonchev–Trinajstić information content (AvgIpc) is 3.42. The van der Waals surface area contributed by atoms with Crippen molar-refractivity contribution in [2.24, 2.45) is 0 Å². The largest absolute Gasteiger partial charge is 0.486 e. The fourth-order valence-corrected chi connectivity index (χ4v) is 6.79. The molecule has 0 bridgehead atoms. The zero-order valence-corrected chi connectivity index (χ0v) is 26.9. The molecule has 4 saturated heterocycles. The van der Waals surface area contributed by atoms with Crippen molar-refractivity contribution in [3.8, 4) is 23.2 Å². The number of piperidine rings is 1. The van der Waals surface area contributed by atoms with E-state index in [1.54, 1.807) is 37.5 Å². The predicted molar refractivity (Wildman–Crippen MR) is 177 cm³/mol. The first-order valence-corrected chi connectivity index (χ1v) is 16.5. The number of anilines is 3. The van der Waals surface area contributed by atoms with Crippen molar-refractivity contribution >= 4 is 29.0 Å². The number of piperazine rings is 1. The summed E-state index contributed by atoms with van der Waals surface area (Å²) in [6, 6.07) is 17.3. The minimum atomic E-state index is -1.44. The van der Waals surface area contributed by atoms with Crippen molar-refractivity contribution in [2.75, 3.05) is 69.7 Å². The number of nitrogens with zero attached hydrogens (tertiary/aromatic N) is 7. The molecule has 0 radical (unpaired) electrons. The predicted octanol–water partition coefficient (Wildman–Crippen LogP) is 3.22. The molecule has 4 aliphatic heterocycles. The molecule has 2 aromatic carbocycles. The minimum Gasteiger partial charge on any atom is -0.486 e. The summed E-state index contributed by atoms with van der Waals surface area (Å²) in [7, 11) is 1.61. The van der Waals surface area contributed by atoms with Crippen LogP contribution < -0.4 is 15.0 Å². The number of rotatable bonds is 8. The number of benzene rings is 2. The molecular weight excluding hydrogens is 615 g/mol. The van der Waals surface area contributed by atoms with E-state index in [0.717, 1.165) is 45.1 Å². The summed E-state index contributed by atoms with van der Waals surface area (Å²) in [4.78, 5) is 41.7. The zero-order chi connectivity index (χ0) is 33.2. The second-order valence-electron chi connectivity index (χ2n) is 12.8. The van der Waals surface area contributed by atoms with Crippen LogP contribution in [0.3, 0.4) is 0 Å². The van der Waals surface area contributed by atoms with Crippen molar-refractivity contribution in [1.82, 2.24) is 24.7 Å². The monoisotopic (exact) mass is 654 g/mol. The molecule has 13 heteroatoms. The van der Waals surface area contributed by atoms with E-state index in [1.165, 1.54) is 15.5 Å². The van der Waals surface area contributed by atoms with E-state index in [9.17, 15) is 14.9 Å². The third-order valence-electron chi connectivity index (χ3n) is 9.82. The van der Waals surface area contributed by atoms with Gasteiger partial charge in [-0.3, -0.25) is 14.5 Å². The highest BCUT2D eigenvalue weighted by Gasteiger charge is 2.40. The lowest BCUT2D eigenvalue weighted by molar-refractivity contribution is -0.143. The number of likely N-dealkylation sites (N-methyl/N-ethyl adjacent to an activating group) is 1. The maximum absolute atomic E-state index is 15.3. The number of hydrogen-bond acceptors (Lipinski definition) is 10. The normalized spacial score (nSPS) is 23.5. The van der Waals surface area contributed by atoms with Crippen LogP contribution in [-0.2, 0) is 14.3 Å². The van der Waals surface area contributed by atoms with Gasteiger partial charge in [-0.2, -0.15) is 5.26 Å². The highest BCUT2D eigenvalue weighted by atomic mass is 19.1. The van der Waals surface area contributed by atoms with Gasteiger partial charge in [0.25, 0.3) is 0 Å². The van der Waals surface area contributed by atoms with Gasteiger partial charge in [0, 0.05) is 75.7 Å². The van der Waals surface area contributed by atoms with Crippen LogP contribution in [0, 0.1) is 11.3 Å². The number of amides is 2. The molecule has 0 unspecified atom stereocenters. The van der Waals surface area contributed by atoms with Gasteiger partial charge in [0.15, 0.2) is 12.0 Å². The summed E-state index contributed by atoms with van der Waals surface area (Å²) in [5.74, 6) is 1.000. The van der Waals surface area contributed by atoms with Crippen LogP contribution >= 0.6 is 0 Å². The number of carbonyl (C=O) groups excluding carboxylic acids is 2. The number of aromatic nitrogens is 2. The topological polar surface area (TPSA) is 127 Å². The molecule has 4 aliphatic rings. The van der Waals surface area contributed by atoms with Crippen LogP contribution in [0.5, 0.6) is 5.75 Å². The van der Waals surface area contributed by atoms with Crippen LogP contribution in [0.4, 0.5) is 21.6 Å². The fraction of sp³-hybridized carbons (Fsp3) is 0.457. The van der Waals surface area contributed by atoms with E-state index in [4.69, 9.17) is 9.47 Å². The van der Waals surface area contributed by atoms with E-state index in [0.29, 0.717) is 42.6 Å². The molecule has 7 rings (SSSR count). The molecule has 0 spiro atoms. The van der Waals surface area contributed by atoms with Crippen LogP contribution in [0.2, 0.25) is 0 Å². The first-order chi connectivity index (χ1) is 23.4. The second-order valence-corrected chi connectivity index (χ2v) is 12.8. The molecule has 250 valence electrons. The van der Waals surface area contributed by atoms with Gasteiger partial charge in [0.2, 0.25) is 11.8 Å². The van der Waals surface area contributed by atoms with E-state index < -0.39 is 18.3 Å². The summed E-state index contributed by atoms with van der Waals surface area (Å²) in [6.07, 6.45) is 0.462. The molecule has 4 fully saturated rings. The average molecular weight is 655 g/mol. The first kappa shape index (κ1) is 31.8. The van der Waals surface area contributed by atoms with Crippen molar-refractivity contribution < 1.29 is 23.5 Å².